The Labute approximate surface area is 91.0 Å². The maximum absolute atomic E-state index is 11.8. The maximum atomic E-state index is 11.8. The lowest BCUT2D eigenvalue weighted by Crippen LogP contribution is -2.28. The fraction of sp³-hybridized carbons (Fsp3) is 0.625. The number of likely N-dealkylation sites (tertiary alicyclic amines) is 1. The molecule has 0 saturated carbocycles. The molecule has 4 nitrogen and oxygen atoms in total. The minimum absolute atomic E-state index is 0.0348. The molecule has 2 heterocycles. The lowest BCUT2D eigenvalue weighted by molar-refractivity contribution is 0.0793. The highest BCUT2D eigenvalue weighted by molar-refractivity contribution is 7.07. The Kier molecular flexibility index (Phi) is 2.98. The van der Waals surface area contributed by atoms with Crippen LogP contribution in [0, 0.1) is 5.92 Å². The smallest absolute Gasteiger partial charge is 0.267 e. The molecule has 1 unspecified atom stereocenters. The van der Waals surface area contributed by atoms with Crippen molar-refractivity contribution >= 4 is 29.0 Å². The van der Waals surface area contributed by atoms with Crippen molar-refractivity contribution in [2.75, 3.05) is 19.0 Å². The zero-order valence-corrected chi connectivity index (χ0v) is 9.09. The summed E-state index contributed by atoms with van der Waals surface area (Å²) in [7, 11) is 0. The quantitative estimate of drug-likeness (QED) is 0.720. The van der Waals surface area contributed by atoms with Crippen LogP contribution in [0.3, 0.4) is 0 Å². The summed E-state index contributed by atoms with van der Waals surface area (Å²) >= 11 is 6.88. The van der Waals surface area contributed by atoms with Gasteiger partial charge < -0.3 is 4.90 Å². The van der Waals surface area contributed by atoms with Gasteiger partial charge in [-0.3, -0.25) is 4.79 Å². The first-order valence-corrected chi connectivity index (χ1v) is 5.74. The second kappa shape index (κ2) is 4.23. The highest BCUT2D eigenvalue weighted by atomic mass is 35.5. The minimum atomic E-state index is 0.0348. The molecular weight excluding hydrogens is 222 g/mol. The molecule has 1 aliphatic rings. The molecule has 14 heavy (non-hydrogen) atoms. The van der Waals surface area contributed by atoms with Crippen molar-refractivity contribution in [3.8, 4) is 0 Å². The fourth-order valence-electron chi connectivity index (χ4n) is 1.56. The summed E-state index contributed by atoms with van der Waals surface area (Å²) in [6, 6.07) is 0. The SMILES string of the molecule is O=C(c1cnns1)N1CCC(CCl)C1. The van der Waals surface area contributed by atoms with Gasteiger partial charge in [-0.05, 0) is 23.9 Å². The maximum Gasteiger partial charge on any atom is 0.267 e. The van der Waals surface area contributed by atoms with E-state index < -0.39 is 0 Å². The molecule has 1 aliphatic heterocycles. The van der Waals surface area contributed by atoms with Gasteiger partial charge in [0, 0.05) is 19.0 Å². The molecule has 6 heteroatoms. The van der Waals surface area contributed by atoms with Crippen LogP contribution in [0.25, 0.3) is 0 Å². The molecule has 1 amide bonds. The summed E-state index contributed by atoms with van der Waals surface area (Å²) in [5.41, 5.74) is 0. The van der Waals surface area contributed by atoms with Gasteiger partial charge in [0.25, 0.3) is 5.91 Å². The van der Waals surface area contributed by atoms with E-state index >= 15 is 0 Å². The standard InChI is InChI=1S/C8H10ClN3OS/c9-3-6-1-2-12(5-6)8(13)7-4-10-11-14-7/h4,6H,1-3,5H2. The van der Waals surface area contributed by atoms with E-state index in [-0.39, 0.29) is 5.91 Å². The number of rotatable bonds is 2. The zero-order valence-electron chi connectivity index (χ0n) is 7.52. The second-order valence-electron chi connectivity index (χ2n) is 3.34. The number of hydrogen-bond donors (Lipinski definition) is 0. The Hall–Kier alpha value is -0.680. The molecule has 1 aromatic rings. The van der Waals surface area contributed by atoms with Crippen LogP contribution in [0.5, 0.6) is 0 Å². The van der Waals surface area contributed by atoms with Crippen molar-refractivity contribution in [2.45, 2.75) is 6.42 Å². The summed E-state index contributed by atoms with van der Waals surface area (Å²) in [4.78, 5) is 14.2. The molecule has 0 N–H and O–H groups in total. The zero-order chi connectivity index (χ0) is 9.97. The first-order chi connectivity index (χ1) is 6.81. The van der Waals surface area contributed by atoms with Gasteiger partial charge >= 0.3 is 0 Å². The number of hydrogen-bond acceptors (Lipinski definition) is 4. The molecule has 0 aliphatic carbocycles. The Morgan fingerprint density at radius 2 is 2.64 bits per heavy atom. The van der Waals surface area contributed by atoms with Crippen LogP contribution >= 0.6 is 23.1 Å². The Morgan fingerprint density at radius 3 is 3.21 bits per heavy atom. The van der Waals surface area contributed by atoms with Crippen LogP contribution in [0.15, 0.2) is 6.20 Å². The normalized spacial score (nSPS) is 21.5. The molecule has 0 radical (unpaired) electrons. The third kappa shape index (κ3) is 1.88. The van der Waals surface area contributed by atoms with E-state index in [1.165, 1.54) is 6.20 Å². The molecule has 76 valence electrons. The second-order valence-corrected chi connectivity index (χ2v) is 4.44. The summed E-state index contributed by atoms with van der Waals surface area (Å²) < 4.78 is 3.67. The van der Waals surface area contributed by atoms with E-state index in [9.17, 15) is 4.79 Å². The first kappa shape index (κ1) is 9.86. The summed E-state index contributed by atoms with van der Waals surface area (Å²) in [5, 5.41) is 3.65. The minimum Gasteiger partial charge on any atom is -0.338 e. The van der Waals surface area contributed by atoms with Gasteiger partial charge in [0.15, 0.2) is 0 Å². The van der Waals surface area contributed by atoms with E-state index in [4.69, 9.17) is 11.6 Å². The van der Waals surface area contributed by atoms with Crippen molar-refractivity contribution in [3.05, 3.63) is 11.1 Å². The molecule has 1 aromatic heterocycles. The number of carbonyl (C=O) groups excluding carboxylic acids is 1. The number of carbonyl (C=O) groups is 1. The van der Waals surface area contributed by atoms with E-state index in [1.807, 2.05) is 4.90 Å². The third-order valence-electron chi connectivity index (χ3n) is 2.36. The Balaban J connectivity index is 2.00. The van der Waals surface area contributed by atoms with Gasteiger partial charge in [-0.2, -0.15) is 0 Å². The van der Waals surface area contributed by atoms with Crippen molar-refractivity contribution in [2.24, 2.45) is 5.92 Å². The summed E-state index contributed by atoms with van der Waals surface area (Å²) in [5.74, 6) is 1.11. The largest absolute Gasteiger partial charge is 0.338 e. The van der Waals surface area contributed by atoms with Gasteiger partial charge in [0.2, 0.25) is 0 Å². The van der Waals surface area contributed by atoms with Crippen molar-refractivity contribution in [1.29, 1.82) is 0 Å². The number of halogens is 1. The van der Waals surface area contributed by atoms with Gasteiger partial charge in [-0.25, -0.2) is 0 Å². The van der Waals surface area contributed by atoms with Gasteiger partial charge in [-0.15, -0.1) is 16.7 Å². The summed E-state index contributed by atoms with van der Waals surface area (Å²) in [6.07, 6.45) is 2.52. The lowest BCUT2D eigenvalue weighted by atomic mass is 10.2. The van der Waals surface area contributed by atoms with E-state index in [2.05, 4.69) is 9.59 Å². The molecule has 1 atom stereocenters. The summed E-state index contributed by atoms with van der Waals surface area (Å²) in [6.45, 7) is 1.56. The highest BCUT2D eigenvalue weighted by Crippen LogP contribution is 2.20. The average molecular weight is 232 g/mol. The van der Waals surface area contributed by atoms with Crippen LogP contribution in [0.2, 0.25) is 0 Å². The van der Waals surface area contributed by atoms with Crippen LogP contribution in [-0.4, -0.2) is 39.4 Å². The average Bonchev–Trinajstić information content (AvgIpc) is 2.88. The van der Waals surface area contributed by atoms with Crippen molar-refractivity contribution in [3.63, 3.8) is 0 Å². The van der Waals surface area contributed by atoms with Gasteiger partial charge in [-0.1, -0.05) is 4.49 Å². The van der Waals surface area contributed by atoms with Gasteiger partial charge in [0.05, 0.1) is 6.20 Å². The van der Waals surface area contributed by atoms with Crippen molar-refractivity contribution in [1.82, 2.24) is 14.5 Å². The van der Waals surface area contributed by atoms with Crippen LogP contribution in [0.1, 0.15) is 16.1 Å². The molecule has 0 bridgehead atoms. The predicted molar refractivity (Wildman–Crippen MR) is 54.6 cm³/mol. The topological polar surface area (TPSA) is 46.1 Å². The van der Waals surface area contributed by atoms with E-state index in [0.717, 1.165) is 31.0 Å². The molecule has 0 aromatic carbocycles. The molecule has 2 rings (SSSR count). The molecule has 1 saturated heterocycles. The van der Waals surface area contributed by atoms with E-state index in [0.29, 0.717) is 16.7 Å². The predicted octanol–water partition coefficient (Wildman–Crippen LogP) is 1.24. The first-order valence-electron chi connectivity index (χ1n) is 4.44. The Bertz CT molecular complexity index is 316. The van der Waals surface area contributed by atoms with E-state index in [1.54, 1.807) is 0 Å². The molecule has 1 fully saturated rings. The van der Waals surface area contributed by atoms with Crippen LogP contribution in [-0.2, 0) is 0 Å². The fourth-order valence-corrected chi connectivity index (χ4v) is 2.30. The monoisotopic (exact) mass is 231 g/mol. The molecular formula is C8H10ClN3OS. The third-order valence-corrected chi connectivity index (χ3v) is 3.45. The number of aromatic nitrogens is 2. The highest BCUT2D eigenvalue weighted by Gasteiger charge is 2.27. The van der Waals surface area contributed by atoms with Crippen molar-refractivity contribution < 1.29 is 4.79 Å². The molecule has 0 spiro atoms. The van der Waals surface area contributed by atoms with Crippen LogP contribution in [0.4, 0.5) is 0 Å². The lowest BCUT2D eigenvalue weighted by Gasteiger charge is -2.13. The number of nitrogens with zero attached hydrogens (tertiary/aromatic N) is 3. The Morgan fingerprint density at radius 1 is 1.79 bits per heavy atom. The van der Waals surface area contributed by atoms with Gasteiger partial charge in [0.1, 0.15) is 4.88 Å². The van der Waals surface area contributed by atoms with Crippen LogP contribution < -0.4 is 0 Å². The number of alkyl halides is 1. The number of amides is 1.